The van der Waals surface area contributed by atoms with Crippen molar-refractivity contribution in [3.63, 3.8) is 0 Å². The molecule has 0 unspecified atom stereocenters. The molecular formula is C19H12O4. The summed E-state index contributed by atoms with van der Waals surface area (Å²) in [7, 11) is 1.45. The van der Waals surface area contributed by atoms with E-state index in [0.29, 0.717) is 16.7 Å². The third kappa shape index (κ3) is 1.72. The Hall–Kier alpha value is -3.14. The Morgan fingerprint density at radius 2 is 1.65 bits per heavy atom. The lowest BCUT2D eigenvalue weighted by atomic mass is 9.81. The van der Waals surface area contributed by atoms with Gasteiger partial charge in [0.05, 0.1) is 18.2 Å². The number of aromatic hydroxyl groups is 1. The van der Waals surface area contributed by atoms with E-state index in [1.54, 1.807) is 42.5 Å². The van der Waals surface area contributed by atoms with Gasteiger partial charge in [0.2, 0.25) is 5.78 Å². The number of hydrogen-bond donors (Lipinski definition) is 1. The van der Waals surface area contributed by atoms with Gasteiger partial charge in [-0.25, -0.2) is 0 Å². The summed E-state index contributed by atoms with van der Waals surface area (Å²) >= 11 is 0. The number of hydrogen-bond acceptors (Lipinski definition) is 4. The van der Waals surface area contributed by atoms with Crippen molar-refractivity contribution < 1.29 is 19.4 Å². The van der Waals surface area contributed by atoms with Crippen molar-refractivity contribution >= 4 is 22.3 Å². The predicted molar refractivity (Wildman–Crippen MR) is 85.5 cm³/mol. The van der Waals surface area contributed by atoms with Crippen LogP contribution in [0.4, 0.5) is 0 Å². The summed E-state index contributed by atoms with van der Waals surface area (Å²) in [5, 5.41) is 11.8. The fraction of sp³-hybridized carbons (Fsp3) is 0.0526. The third-order valence-corrected chi connectivity index (χ3v) is 4.21. The number of fused-ring (bicyclic) bond motifs is 3. The molecule has 0 spiro atoms. The molecule has 0 aliphatic heterocycles. The number of benzene rings is 3. The zero-order chi connectivity index (χ0) is 16.1. The molecule has 3 aromatic carbocycles. The number of phenolic OH excluding ortho intramolecular Hbond substituents is 1. The molecule has 0 radical (unpaired) electrons. The standard InChI is InChI=1S/C19H12O4/c1-23-14-8-4-7-12-15(14)19(22)16-13(17(12)20)9-10-5-2-3-6-11(10)18(16)21/h2-9,21H,1H3. The van der Waals surface area contributed by atoms with Crippen molar-refractivity contribution in [1.29, 1.82) is 0 Å². The third-order valence-electron chi connectivity index (χ3n) is 4.21. The molecule has 0 saturated heterocycles. The molecule has 1 aliphatic rings. The number of carbonyl (C=O) groups excluding carboxylic acids is 2. The summed E-state index contributed by atoms with van der Waals surface area (Å²) in [6, 6.07) is 13.7. The molecule has 23 heavy (non-hydrogen) atoms. The SMILES string of the molecule is COc1cccc2c1C(=O)c1c(cc3ccccc3c1O)C2=O. The Labute approximate surface area is 131 Å². The van der Waals surface area contributed by atoms with E-state index in [2.05, 4.69) is 0 Å². The Bertz CT molecular complexity index is 1000. The van der Waals surface area contributed by atoms with Crippen LogP contribution in [-0.4, -0.2) is 23.8 Å². The highest BCUT2D eigenvalue weighted by molar-refractivity contribution is 6.31. The van der Waals surface area contributed by atoms with Gasteiger partial charge in [0.15, 0.2) is 5.78 Å². The first-order chi connectivity index (χ1) is 11.1. The fourth-order valence-electron chi connectivity index (χ4n) is 3.13. The highest BCUT2D eigenvalue weighted by Gasteiger charge is 2.35. The molecule has 112 valence electrons. The van der Waals surface area contributed by atoms with E-state index in [9.17, 15) is 14.7 Å². The molecule has 4 nitrogen and oxygen atoms in total. The van der Waals surface area contributed by atoms with E-state index < -0.39 is 5.78 Å². The number of methoxy groups -OCH3 is 1. The summed E-state index contributed by atoms with van der Waals surface area (Å²) in [6.07, 6.45) is 0. The maximum absolute atomic E-state index is 12.9. The summed E-state index contributed by atoms with van der Waals surface area (Å²) < 4.78 is 5.22. The lowest BCUT2D eigenvalue weighted by Crippen LogP contribution is -2.22. The lowest BCUT2D eigenvalue weighted by molar-refractivity contribution is 0.0974. The van der Waals surface area contributed by atoms with Crippen LogP contribution in [0.1, 0.15) is 31.8 Å². The second-order valence-electron chi connectivity index (χ2n) is 5.41. The normalized spacial score (nSPS) is 12.9. The Balaban J connectivity index is 2.11. The van der Waals surface area contributed by atoms with Gasteiger partial charge < -0.3 is 9.84 Å². The van der Waals surface area contributed by atoms with Crippen molar-refractivity contribution in [2.75, 3.05) is 7.11 Å². The van der Waals surface area contributed by atoms with Crippen molar-refractivity contribution in [3.8, 4) is 11.5 Å². The molecule has 4 rings (SSSR count). The summed E-state index contributed by atoms with van der Waals surface area (Å²) in [4.78, 5) is 25.7. The van der Waals surface area contributed by atoms with Crippen LogP contribution in [0.25, 0.3) is 10.8 Å². The number of rotatable bonds is 1. The van der Waals surface area contributed by atoms with E-state index in [1.165, 1.54) is 7.11 Å². The Morgan fingerprint density at radius 3 is 2.43 bits per heavy atom. The van der Waals surface area contributed by atoms with Gasteiger partial charge in [-0.1, -0.05) is 36.4 Å². The van der Waals surface area contributed by atoms with Crippen LogP contribution in [0, 0.1) is 0 Å². The molecule has 3 aromatic rings. The smallest absolute Gasteiger partial charge is 0.201 e. The van der Waals surface area contributed by atoms with Crippen molar-refractivity contribution in [2.45, 2.75) is 0 Å². The van der Waals surface area contributed by atoms with Gasteiger partial charge in [0.25, 0.3) is 0 Å². The molecule has 0 aromatic heterocycles. The van der Waals surface area contributed by atoms with E-state index in [4.69, 9.17) is 4.74 Å². The first-order valence-corrected chi connectivity index (χ1v) is 7.14. The predicted octanol–water partition coefficient (Wildman–Crippen LogP) is 3.33. The van der Waals surface area contributed by atoms with Gasteiger partial charge >= 0.3 is 0 Å². The average Bonchev–Trinajstić information content (AvgIpc) is 2.59. The second-order valence-corrected chi connectivity index (χ2v) is 5.41. The molecule has 4 heteroatoms. The molecule has 0 saturated carbocycles. The fourth-order valence-corrected chi connectivity index (χ4v) is 3.13. The van der Waals surface area contributed by atoms with Crippen LogP contribution in [-0.2, 0) is 0 Å². The number of carbonyl (C=O) groups is 2. The Kier molecular flexibility index (Phi) is 2.75. The van der Waals surface area contributed by atoms with Gasteiger partial charge in [0.1, 0.15) is 11.5 Å². The van der Waals surface area contributed by atoms with Gasteiger partial charge in [-0.3, -0.25) is 9.59 Å². The minimum Gasteiger partial charge on any atom is -0.507 e. The molecule has 0 bridgehead atoms. The molecule has 0 fully saturated rings. The number of ether oxygens (including phenoxy) is 1. The molecule has 0 amide bonds. The molecule has 1 aliphatic carbocycles. The molecular weight excluding hydrogens is 292 g/mol. The van der Waals surface area contributed by atoms with Crippen LogP contribution in [0.5, 0.6) is 11.5 Å². The Morgan fingerprint density at radius 1 is 0.870 bits per heavy atom. The summed E-state index contributed by atoms with van der Waals surface area (Å²) in [6.45, 7) is 0. The minimum atomic E-state index is -0.393. The van der Waals surface area contributed by atoms with Crippen LogP contribution >= 0.6 is 0 Å². The van der Waals surface area contributed by atoms with Crippen LogP contribution < -0.4 is 4.74 Å². The summed E-state index contributed by atoms with van der Waals surface area (Å²) in [5.74, 6) is -0.503. The van der Waals surface area contributed by atoms with Crippen LogP contribution in [0.2, 0.25) is 0 Å². The largest absolute Gasteiger partial charge is 0.507 e. The highest BCUT2D eigenvalue weighted by Crippen LogP contribution is 2.40. The van der Waals surface area contributed by atoms with Crippen LogP contribution in [0.15, 0.2) is 48.5 Å². The zero-order valence-corrected chi connectivity index (χ0v) is 12.3. The maximum Gasteiger partial charge on any atom is 0.201 e. The monoisotopic (exact) mass is 304 g/mol. The molecule has 1 N–H and O–H groups in total. The maximum atomic E-state index is 12.9. The van der Waals surface area contributed by atoms with E-state index in [1.807, 2.05) is 6.07 Å². The highest BCUT2D eigenvalue weighted by atomic mass is 16.5. The first kappa shape index (κ1) is 13.5. The van der Waals surface area contributed by atoms with E-state index in [0.717, 1.165) is 5.39 Å². The van der Waals surface area contributed by atoms with Crippen molar-refractivity contribution in [3.05, 3.63) is 70.8 Å². The number of phenols is 1. The van der Waals surface area contributed by atoms with Crippen molar-refractivity contribution in [1.82, 2.24) is 0 Å². The minimum absolute atomic E-state index is 0.0469. The topological polar surface area (TPSA) is 63.6 Å². The van der Waals surface area contributed by atoms with Gasteiger partial charge in [-0.2, -0.15) is 0 Å². The van der Waals surface area contributed by atoms with E-state index in [-0.39, 0.29) is 28.2 Å². The lowest BCUT2D eigenvalue weighted by Gasteiger charge is -2.21. The average molecular weight is 304 g/mol. The molecule has 0 heterocycles. The summed E-state index contributed by atoms with van der Waals surface area (Å²) in [5.41, 5.74) is 0.785. The molecule has 0 atom stereocenters. The number of ketones is 2. The first-order valence-electron chi connectivity index (χ1n) is 7.14. The second kappa shape index (κ2) is 4.68. The van der Waals surface area contributed by atoms with Crippen molar-refractivity contribution in [2.24, 2.45) is 0 Å². The van der Waals surface area contributed by atoms with E-state index >= 15 is 0 Å². The van der Waals surface area contributed by atoms with Gasteiger partial charge in [-0.05, 0) is 17.5 Å². The van der Waals surface area contributed by atoms with Crippen LogP contribution in [0.3, 0.4) is 0 Å². The zero-order valence-electron chi connectivity index (χ0n) is 12.3. The van der Waals surface area contributed by atoms with Gasteiger partial charge in [-0.15, -0.1) is 0 Å². The quantitative estimate of drug-likeness (QED) is 0.586. The van der Waals surface area contributed by atoms with Gasteiger partial charge in [0, 0.05) is 16.5 Å².